The second-order valence-electron chi connectivity index (χ2n) is 33.8. The first-order chi connectivity index (χ1) is 47.8. The largest absolute Gasteiger partial charge is 0.395 e. The van der Waals surface area contributed by atoms with Crippen LogP contribution in [0.2, 0.25) is 0 Å². The van der Waals surface area contributed by atoms with E-state index >= 15 is 0 Å². The number of hydrogen-bond acceptors (Lipinski definition) is 21. The maximum atomic E-state index is 11.6. The fourth-order valence-electron chi connectivity index (χ4n) is 7.80. The Kier molecular flexibility index (Phi) is 61.4. The summed E-state index contributed by atoms with van der Waals surface area (Å²) in [6, 6.07) is 0. The van der Waals surface area contributed by atoms with Crippen molar-refractivity contribution in [1.82, 2.24) is 57.2 Å². The van der Waals surface area contributed by atoms with Crippen molar-refractivity contribution >= 4 is 47.3 Å². The number of carbonyl (C=O) groups is 8. The van der Waals surface area contributed by atoms with Crippen molar-refractivity contribution in [3.63, 3.8) is 0 Å². The van der Waals surface area contributed by atoms with Crippen LogP contribution in [0.1, 0.15) is 185 Å². The third-order valence-electron chi connectivity index (χ3n) is 14.4. The number of piperazine rings is 1. The Labute approximate surface area is 629 Å². The number of primary amides is 1. The molecule has 0 spiro atoms. The van der Waals surface area contributed by atoms with Gasteiger partial charge in [0, 0.05) is 176 Å². The molecule has 0 aromatic heterocycles. The highest BCUT2D eigenvalue weighted by atomic mass is 16.5. The average molecular weight is 1500 g/mol. The quantitative estimate of drug-likeness (QED) is 0.0478. The van der Waals surface area contributed by atoms with E-state index in [0.29, 0.717) is 91.8 Å². The van der Waals surface area contributed by atoms with Crippen molar-refractivity contribution in [3.05, 3.63) is 0 Å². The molecule has 1 unspecified atom stereocenters. The second-order valence-corrected chi connectivity index (χ2v) is 33.8. The normalized spacial score (nSPS) is 15.1. The lowest BCUT2D eigenvalue weighted by Gasteiger charge is -2.27. The van der Waals surface area contributed by atoms with Gasteiger partial charge < -0.3 is 92.4 Å². The average Bonchev–Trinajstić information content (AvgIpc) is 1.42. The summed E-state index contributed by atoms with van der Waals surface area (Å²) < 4.78 is 25.6. The van der Waals surface area contributed by atoms with Gasteiger partial charge in [-0.2, -0.15) is 0 Å². The number of nitrogens with two attached hydrogens (primary N) is 1. The van der Waals surface area contributed by atoms with Gasteiger partial charge in [0.05, 0.1) is 78.8 Å². The fourth-order valence-corrected chi connectivity index (χ4v) is 7.80. The second kappa shape index (κ2) is 59.2. The van der Waals surface area contributed by atoms with Crippen LogP contribution < -0.4 is 48.3 Å². The van der Waals surface area contributed by atoms with E-state index in [-0.39, 0.29) is 123 Å². The number of nitrogens with zero attached hydrogens (tertiary/aromatic N) is 3. The van der Waals surface area contributed by atoms with Gasteiger partial charge in [-0.15, -0.1) is 0 Å². The number of amides is 8. The molecule has 3 aliphatic rings. The summed E-state index contributed by atoms with van der Waals surface area (Å²) in [5.74, 6) is 0.184. The molecular weight excluding hydrogens is 1340 g/mol. The molecule has 8 amide bonds. The minimum Gasteiger partial charge on any atom is -0.395 e. The molecule has 3 saturated heterocycles. The van der Waals surface area contributed by atoms with Gasteiger partial charge in [-0.1, -0.05) is 166 Å². The summed E-state index contributed by atoms with van der Waals surface area (Å²) in [6.07, 6.45) is 2.90. The predicted molar refractivity (Wildman–Crippen MR) is 414 cm³/mol. The molecule has 0 aliphatic carbocycles. The number of morpholine rings is 1. The lowest BCUT2D eigenvalue weighted by atomic mass is 9.92. The lowest BCUT2D eigenvalue weighted by molar-refractivity contribution is -0.129. The lowest BCUT2D eigenvalue weighted by Crippen LogP contribution is -2.47. The molecular formula is C75H156N12O17. The number of nitrogens with one attached hydrogen (secondary N) is 8. The highest BCUT2D eigenvalue weighted by molar-refractivity contribution is 5.84. The standard InChI is InChI=1S/C11H23N3O.C11H24N2O3.C11H22N2O2.C10H21NO3.C10H19NO2.C9H19NO3.C7H15NO2.C6H13NO/c1-11(2,3)10(15)13-6-9-14-7-4-12-5-8-14;1-11(2,3)10(16)12-4-5-13(6-8-14)7-9-15;1-11(2,3)10(14)12-4-5-13-6-8-15-9-7-13;1-10(2,3)9(12)11-5-6-14-8-7-13-4;1-10(2,3)9(12)11-7-8-5-4-6-13-8;1-9(2,3)8(12)10-4-6-13-7-5-11;1-7(2,3)6(10)8-4-5-9;1-6(2,3)4-5(7)8/h12H,4-9H2,1-3H3,(H,13,15);14-15H,4-9H2,1-3H3,(H,12,16);4-9H2,1-3H3,(H,12,14);5-8H2,1-4H3,(H,11,12);8H,4-7H2,1-3H3,(H,11,12);11H,4-7H2,1-3H3,(H,10,12);9H,4-5H2,1-3H3,(H,8,10);4H2,1-3H3,(H2,7,8). The van der Waals surface area contributed by atoms with E-state index in [9.17, 15) is 38.4 Å². The van der Waals surface area contributed by atoms with Crippen molar-refractivity contribution in [3.8, 4) is 0 Å². The highest BCUT2D eigenvalue weighted by Crippen LogP contribution is 2.19. The first-order valence-electron chi connectivity index (χ1n) is 37.2. The van der Waals surface area contributed by atoms with Gasteiger partial charge in [0.2, 0.25) is 47.3 Å². The molecule has 0 bridgehead atoms. The van der Waals surface area contributed by atoms with Crippen LogP contribution in [0, 0.1) is 43.3 Å². The summed E-state index contributed by atoms with van der Waals surface area (Å²) in [4.78, 5) is 96.6. The first kappa shape index (κ1) is 108. The highest BCUT2D eigenvalue weighted by Gasteiger charge is 2.27. The van der Waals surface area contributed by atoms with Crippen LogP contribution in [0.15, 0.2) is 0 Å². The number of hydrogen-bond donors (Lipinski definition) is 13. The van der Waals surface area contributed by atoms with E-state index in [1.807, 2.05) is 171 Å². The van der Waals surface area contributed by atoms with Crippen LogP contribution in [0.3, 0.4) is 0 Å². The Bertz CT molecular complexity index is 2180. The molecule has 0 saturated carbocycles. The van der Waals surface area contributed by atoms with Crippen LogP contribution in [-0.4, -0.2) is 293 Å². The Hall–Kier alpha value is -4.76. The number of rotatable bonds is 29. The smallest absolute Gasteiger partial charge is 0.225 e. The summed E-state index contributed by atoms with van der Waals surface area (Å²) in [5, 5.41) is 57.4. The molecule has 3 heterocycles. The zero-order valence-corrected chi connectivity index (χ0v) is 69.9. The molecule has 3 fully saturated rings. The molecule has 1 atom stereocenters. The number of methoxy groups -OCH3 is 1. The predicted octanol–water partition coefficient (Wildman–Crippen LogP) is 3.32. The van der Waals surface area contributed by atoms with Gasteiger partial charge in [-0.3, -0.25) is 53.1 Å². The topological polar surface area (TPSA) is 396 Å². The van der Waals surface area contributed by atoms with E-state index in [4.69, 9.17) is 49.8 Å². The van der Waals surface area contributed by atoms with Crippen LogP contribution in [0.25, 0.3) is 0 Å². The van der Waals surface area contributed by atoms with Crippen molar-refractivity contribution in [2.24, 2.45) is 49.1 Å². The summed E-state index contributed by atoms with van der Waals surface area (Å²) >= 11 is 0. The summed E-state index contributed by atoms with van der Waals surface area (Å²) in [6.45, 7) is 64.6. The summed E-state index contributed by atoms with van der Waals surface area (Å²) in [7, 11) is 1.63. The van der Waals surface area contributed by atoms with Gasteiger partial charge >= 0.3 is 0 Å². The van der Waals surface area contributed by atoms with Crippen LogP contribution in [0.4, 0.5) is 0 Å². The Balaban J connectivity index is -0.000000361. The van der Waals surface area contributed by atoms with Gasteiger partial charge in [0.25, 0.3) is 0 Å². The molecule has 3 aliphatic heterocycles. The van der Waals surface area contributed by atoms with Gasteiger partial charge in [0.15, 0.2) is 0 Å². The van der Waals surface area contributed by atoms with E-state index in [0.717, 1.165) is 98.1 Å². The molecule has 14 N–H and O–H groups in total. The SMILES string of the molecule is CC(C)(C)C(=O)NCC1CCCO1.CC(C)(C)C(=O)NCCN(CCO)CCO.CC(C)(C)C(=O)NCCN1CCNCC1.CC(C)(C)C(=O)NCCN1CCOCC1.CC(C)(C)C(=O)NCCO.CC(C)(C)C(=O)NCCOCCO.CC(C)(C)CC(N)=O.COCCOCCNC(=O)C(C)(C)C. The molecule has 0 aromatic rings. The number of ether oxygens (including phenoxy) is 5. The third-order valence-corrected chi connectivity index (χ3v) is 14.4. The van der Waals surface area contributed by atoms with Crippen LogP contribution in [-0.2, 0) is 62.0 Å². The minimum absolute atomic E-state index is 0.00181. The Morgan fingerprint density at radius 2 is 0.788 bits per heavy atom. The van der Waals surface area contributed by atoms with E-state index in [2.05, 4.69) is 52.3 Å². The Morgan fingerprint density at radius 1 is 0.433 bits per heavy atom. The zero-order chi connectivity index (χ0) is 81.5. The molecule has 29 heteroatoms. The molecule has 618 valence electrons. The molecule has 0 aromatic carbocycles. The number of aliphatic hydroxyl groups excluding tert-OH is 4. The van der Waals surface area contributed by atoms with Crippen LogP contribution >= 0.6 is 0 Å². The van der Waals surface area contributed by atoms with Gasteiger partial charge in [-0.05, 0) is 18.3 Å². The van der Waals surface area contributed by atoms with Gasteiger partial charge in [-0.25, -0.2) is 0 Å². The third kappa shape index (κ3) is 70.2. The molecule has 104 heavy (non-hydrogen) atoms. The minimum atomic E-state index is -0.376. The fraction of sp³-hybridized carbons (Fsp3) is 0.893. The molecule has 3 rings (SSSR count). The van der Waals surface area contributed by atoms with E-state index in [1.54, 1.807) is 7.11 Å². The van der Waals surface area contributed by atoms with Crippen molar-refractivity contribution < 1.29 is 82.5 Å². The van der Waals surface area contributed by atoms with Crippen molar-refractivity contribution in [2.75, 3.05) is 204 Å². The van der Waals surface area contributed by atoms with Crippen molar-refractivity contribution in [2.45, 2.75) is 192 Å². The van der Waals surface area contributed by atoms with Gasteiger partial charge in [0.1, 0.15) is 0 Å². The Morgan fingerprint density at radius 3 is 1.11 bits per heavy atom. The molecule has 29 nitrogen and oxygen atoms in total. The molecule has 0 radical (unpaired) electrons. The maximum Gasteiger partial charge on any atom is 0.225 e. The number of carbonyl (C=O) groups excluding carboxylic acids is 8. The van der Waals surface area contributed by atoms with Crippen molar-refractivity contribution in [1.29, 1.82) is 0 Å². The monoisotopic (exact) mass is 1500 g/mol. The first-order valence-corrected chi connectivity index (χ1v) is 37.2. The van der Waals surface area contributed by atoms with E-state index < -0.39 is 0 Å². The number of aliphatic hydroxyl groups is 4. The maximum absolute atomic E-state index is 11.6. The van der Waals surface area contributed by atoms with E-state index in [1.165, 1.54) is 0 Å². The zero-order valence-electron chi connectivity index (χ0n) is 69.9. The van der Waals surface area contributed by atoms with Crippen LogP contribution in [0.5, 0.6) is 0 Å². The summed E-state index contributed by atoms with van der Waals surface area (Å²) in [5.41, 5.74) is 2.73.